The lowest BCUT2D eigenvalue weighted by molar-refractivity contribution is 0.330. The van der Waals surface area contributed by atoms with E-state index < -0.39 is 0 Å². The molecule has 4 nitrogen and oxygen atoms in total. The molecule has 1 aliphatic rings. The molecule has 0 unspecified atom stereocenters. The Kier molecular flexibility index (Phi) is 4.06. The summed E-state index contributed by atoms with van der Waals surface area (Å²) in [6.07, 6.45) is 4.18. The van der Waals surface area contributed by atoms with Crippen LogP contribution in [0.2, 0.25) is 0 Å². The van der Waals surface area contributed by atoms with Gasteiger partial charge in [-0.15, -0.1) is 0 Å². The molecular weight excluding hydrogens is 262 g/mol. The molecule has 0 spiro atoms. The van der Waals surface area contributed by atoms with Crippen LogP contribution in [0.4, 0.5) is 0 Å². The Bertz CT molecular complexity index is 569. The van der Waals surface area contributed by atoms with Crippen LogP contribution in [0, 0.1) is 0 Å². The molecule has 0 aliphatic carbocycles. The van der Waals surface area contributed by atoms with Crippen LogP contribution in [0.1, 0.15) is 62.9 Å². The van der Waals surface area contributed by atoms with Crippen molar-refractivity contribution < 1.29 is 4.52 Å². The molecule has 0 amide bonds. The Hall–Kier alpha value is -1.68. The van der Waals surface area contributed by atoms with Gasteiger partial charge in [-0.25, -0.2) is 0 Å². The van der Waals surface area contributed by atoms with Crippen molar-refractivity contribution >= 4 is 0 Å². The molecule has 1 aromatic heterocycles. The monoisotopic (exact) mass is 285 g/mol. The van der Waals surface area contributed by atoms with Crippen LogP contribution in [0.15, 0.2) is 34.9 Å². The van der Waals surface area contributed by atoms with E-state index in [1.807, 2.05) is 6.07 Å². The van der Waals surface area contributed by atoms with E-state index >= 15 is 0 Å². The van der Waals surface area contributed by atoms with Crippen molar-refractivity contribution in [2.75, 3.05) is 6.54 Å². The molecular formula is C17H23N3O. The second-order valence-corrected chi connectivity index (χ2v) is 5.76. The van der Waals surface area contributed by atoms with E-state index in [1.54, 1.807) is 0 Å². The summed E-state index contributed by atoms with van der Waals surface area (Å²) < 4.78 is 5.56. The SMILES string of the molecule is CCC(CC)(c1ccccc1)c1noc([C@H]2CCCN2)n1. The van der Waals surface area contributed by atoms with Gasteiger partial charge in [0.05, 0.1) is 11.5 Å². The quantitative estimate of drug-likeness (QED) is 0.912. The summed E-state index contributed by atoms with van der Waals surface area (Å²) in [6.45, 7) is 5.43. The van der Waals surface area contributed by atoms with E-state index in [0.717, 1.165) is 37.5 Å². The van der Waals surface area contributed by atoms with Crippen LogP contribution in [0.5, 0.6) is 0 Å². The van der Waals surface area contributed by atoms with Crippen molar-refractivity contribution in [3.8, 4) is 0 Å². The van der Waals surface area contributed by atoms with Crippen LogP contribution in [-0.2, 0) is 5.41 Å². The van der Waals surface area contributed by atoms with Crippen LogP contribution in [0.25, 0.3) is 0 Å². The number of hydrogen-bond acceptors (Lipinski definition) is 4. The fourth-order valence-corrected chi connectivity index (χ4v) is 3.33. The maximum absolute atomic E-state index is 5.56. The van der Waals surface area contributed by atoms with Crippen molar-refractivity contribution in [2.45, 2.75) is 51.0 Å². The third-order valence-corrected chi connectivity index (χ3v) is 4.76. The Balaban J connectivity index is 1.98. The zero-order valence-corrected chi connectivity index (χ0v) is 12.8. The topological polar surface area (TPSA) is 51.0 Å². The minimum absolute atomic E-state index is 0.151. The number of hydrogen-bond donors (Lipinski definition) is 1. The van der Waals surface area contributed by atoms with Gasteiger partial charge in [0.15, 0.2) is 5.82 Å². The molecule has 0 saturated carbocycles. The highest BCUT2D eigenvalue weighted by molar-refractivity contribution is 5.32. The van der Waals surface area contributed by atoms with Crippen molar-refractivity contribution in [1.29, 1.82) is 0 Å². The van der Waals surface area contributed by atoms with Gasteiger partial charge in [0.25, 0.3) is 0 Å². The number of benzene rings is 1. The van der Waals surface area contributed by atoms with Gasteiger partial charge in [-0.3, -0.25) is 0 Å². The number of nitrogens with one attached hydrogen (secondary N) is 1. The molecule has 1 fully saturated rings. The molecule has 21 heavy (non-hydrogen) atoms. The molecule has 1 aliphatic heterocycles. The standard InChI is InChI=1S/C17H23N3O/c1-3-17(4-2,13-9-6-5-7-10-13)16-19-15(21-20-16)14-11-8-12-18-14/h5-7,9-10,14,18H,3-4,8,11-12H2,1-2H3/t14-/m1/s1. The maximum atomic E-state index is 5.56. The second-order valence-electron chi connectivity index (χ2n) is 5.76. The van der Waals surface area contributed by atoms with Gasteiger partial charge in [-0.2, -0.15) is 4.98 Å². The van der Waals surface area contributed by atoms with Gasteiger partial charge in [0, 0.05) is 0 Å². The summed E-state index contributed by atoms with van der Waals surface area (Å²) in [5.74, 6) is 1.56. The van der Waals surface area contributed by atoms with E-state index in [0.29, 0.717) is 0 Å². The third-order valence-electron chi connectivity index (χ3n) is 4.76. The molecule has 1 saturated heterocycles. The van der Waals surface area contributed by atoms with Crippen LogP contribution >= 0.6 is 0 Å². The van der Waals surface area contributed by atoms with E-state index in [4.69, 9.17) is 9.51 Å². The first-order chi connectivity index (χ1) is 10.3. The minimum Gasteiger partial charge on any atom is -0.338 e. The third kappa shape index (κ3) is 2.48. The van der Waals surface area contributed by atoms with Gasteiger partial charge in [0.2, 0.25) is 5.89 Å². The van der Waals surface area contributed by atoms with Gasteiger partial charge in [0.1, 0.15) is 0 Å². The molecule has 112 valence electrons. The van der Waals surface area contributed by atoms with Crippen LogP contribution in [-0.4, -0.2) is 16.7 Å². The fraction of sp³-hybridized carbons (Fsp3) is 0.529. The fourth-order valence-electron chi connectivity index (χ4n) is 3.33. The van der Waals surface area contributed by atoms with Crippen LogP contribution in [0.3, 0.4) is 0 Å². The first kappa shape index (κ1) is 14.3. The average molecular weight is 285 g/mol. The zero-order chi connectivity index (χ0) is 14.7. The van der Waals surface area contributed by atoms with E-state index in [9.17, 15) is 0 Å². The number of aromatic nitrogens is 2. The van der Waals surface area contributed by atoms with Crippen molar-refractivity contribution in [1.82, 2.24) is 15.5 Å². The molecule has 1 N–H and O–H groups in total. The summed E-state index contributed by atoms with van der Waals surface area (Å²) in [5, 5.41) is 7.74. The first-order valence-corrected chi connectivity index (χ1v) is 7.93. The molecule has 2 aromatic rings. The van der Waals surface area contributed by atoms with E-state index in [2.05, 4.69) is 48.6 Å². The lowest BCUT2D eigenvalue weighted by atomic mass is 9.75. The molecule has 2 heterocycles. The summed E-state index contributed by atoms with van der Waals surface area (Å²) in [5.41, 5.74) is 1.11. The highest BCUT2D eigenvalue weighted by Crippen LogP contribution is 2.37. The predicted octanol–water partition coefficient (Wildman–Crippen LogP) is 3.60. The van der Waals surface area contributed by atoms with E-state index in [-0.39, 0.29) is 11.5 Å². The molecule has 1 aromatic carbocycles. The zero-order valence-electron chi connectivity index (χ0n) is 12.8. The molecule has 0 bridgehead atoms. The molecule has 0 radical (unpaired) electrons. The lowest BCUT2D eigenvalue weighted by Crippen LogP contribution is -2.27. The highest BCUT2D eigenvalue weighted by Gasteiger charge is 2.36. The smallest absolute Gasteiger partial charge is 0.243 e. The normalized spacial score (nSPS) is 19.0. The Morgan fingerprint density at radius 3 is 2.62 bits per heavy atom. The van der Waals surface area contributed by atoms with Gasteiger partial charge < -0.3 is 9.84 Å². The molecule has 3 rings (SSSR count). The van der Waals surface area contributed by atoms with E-state index in [1.165, 1.54) is 12.0 Å². The maximum Gasteiger partial charge on any atom is 0.243 e. The molecule has 4 heteroatoms. The van der Waals surface area contributed by atoms with Crippen molar-refractivity contribution in [3.63, 3.8) is 0 Å². The van der Waals surface area contributed by atoms with Crippen molar-refractivity contribution in [3.05, 3.63) is 47.6 Å². The molecule has 1 atom stereocenters. The Morgan fingerprint density at radius 2 is 2.00 bits per heavy atom. The van der Waals surface area contributed by atoms with Gasteiger partial charge in [-0.05, 0) is 37.8 Å². The predicted molar refractivity (Wildman–Crippen MR) is 82.1 cm³/mol. The second kappa shape index (κ2) is 5.98. The van der Waals surface area contributed by atoms with Gasteiger partial charge in [-0.1, -0.05) is 49.3 Å². The van der Waals surface area contributed by atoms with Gasteiger partial charge >= 0.3 is 0 Å². The van der Waals surface area contributed by atoms with Crippen LogP contribution < -0.4 is 5.32 Å². The first-order valence-electron chi connectivity index (χ1n) is 7.93. The average Bonchev–Trinajstić information content (AvgIpc) is 3.22. The minimum atomic E-state index is -0.151. The summed E-state index contributed by atoms with van der Waals surface area (Å²) in [4.78, 5) is 4.74. The lowest BCUT2D eigenvalue weighted by Gasteiger charge is -2.28. The number of rotatable bonds is 5. The summed E-state index contributed by atoms with van der Waals surface area (Å²) >= 11 is 0. The largest absolute Gasteiger partial charge is 0.338 e. The Morgan fingerprint density at radius 1 is 1.24 bits per heavy atom. The highest BCUT2D eigenvalue weighted by atomic mass is 16.5. The summed E-state index contributed by atoms with van der Waals surface area (Å²) in [7, 11) is 0. The summed E-state index contributed by atoms with van der Waals surface area (Å²) in [6, 6.07) is 10.8. The Labute approximate surface area is 126 Å². The van der Waals surface area contributed by atoms with Crippen molar-refractivity contribution in [2.24, 2.45) is 0 Å². The number of nitrogens with zero attached hydrogens (tertiary/aromatic N) is 2.